The van der Waals surface area contributed by atoms with Crippen LogP contribution in [0, 0.1) is 0 Å². The number of ether oxygens (including phenoxy) is 2. The van der Waals surface area contributed by atoms with E-state index in [2.05, 4.69) is 19.0 Å². The van der Waals surface area contributed by atoms with Crippen molar-refractivity contribution >= 4 is 17.6 Å². The van der Waals surface area contributed by atoms with Crippen LogP contribution in [-0.4, -0.2) is 29.4 Å². The van der Waals surface area contributed by atoms with Crippen LogP contribution in [0.3, 0.4) is 0 Å². The van der Waals surface area contributed by atoms with E-state index in [0.717, 1.165) is 25.7 Å². The van der Waals surface area contributed by atoms with E-state index in [4.69, 9.17) is 30.7 Å². The Morgan fingerprint density at radius 2 is 1.76 bits per heavy atom. The molecule has 0 atom stereocenters. The monoisotopic (exact) mass is 367 g/mol. The molecular formula is C18H22ClNO5. The number of rotatable bonds is 10. The molecule has 0 saturated carbocycles. The maximum atomic E-state index is 11.0. The van der Waals surface area contributed by atoms with Gasteiger partial charge in [-0.05, 0) is 18.9 Å². The van der Waals surface area contributed by atoms with Crippen molar-refractivity contribution in [2.24, 2.45) is 0 Å². The van der Waals surface area contributed by atoms with Crippen molar-refractivity contribution in [2.45, 2.75) is 39.5 Å². The Morgan fingerprint density at radius 1 is 1.12 bits per heavy atom. The van der Waals surface area contributed by atoms with E-state index in [1.165, 1.54) is 6.07 Å². The minimum absolute atomic E-state index is 0.172. The second kappa shape index (κ2) is 9.32. The lowest BCUT2D eigenvalue weighted by atomic mass is 10.1. The summed E-state index contributed by atoms with van der Waals surface area (Å²) in [7, 11) is 0. The zero-order valence-electron chi connectivity index (χ0n) is 14.4. The zero-order chi connectivity index (χ0) is 18.2. The molecule has 2 aromatic rings. The van der Waals surface area contributed by atoms with Gasteiger partial charge < -0.3 is 19.1 Å². The first-order valence-corrected chi connectivity index (χ1v) is 8.74. The number of benzene rings is 1. The molecule has 1 N–H and O–H groups in total. The summed E-state index contributed by atoms with van der Waals surface area (Å²) < 4.78 is 16.7. The van der Waals surface area contributed by atoms with Crippen LogP contribution in [0.1, 0.15) is 50.0 Å². The van der Waals surface area contributed by atoms with Crippen LogP contribution in [-0.2, 0) is 0 Å². The van der Waals surface area contributed by atoms with Gasteiger partial charge in [-0.2, -0.15) is 0 Å². The number of unbranched alkanes of at least 4 members (excludes halogenated alkanes) is 2. The van der Waals surface area contributed by atoms with Crippen LogP contribution in [0.2, 0.25) is 5.02 Å². The molecule has 0 unspecified atom stereocenters. The highest BCUT2D eigenvalue weighted by Crippen LogP contribution is 2.39. The van der Waals surface area contributed by atoms with Crippen molar-refractivity contribution in [3.8, 4) is 22.8 Å². The average Bonchev–Trinajstić information content (AvgIpc) is 3.07. The Hall–Kier alpha value is -2.21. The van der Waals surface area contributed by atoms with Gasteiger partial charge in [0.1, 0.15) is 11.5 Å². The van der Waals surface area contributed by atoms with E-state index in [0.29, 0.717) is 35.3 Å². The molecule has 1 heterocycles. The molecule has 0 aliphatic heterocycles. The second-order valence-electron chi connectivity index (χ2n) is 5.56. The largest absolute Gasteiger partial charge is 0.493 e. The zero-order valence-corrected chi connectivity index (χ0v) is 15.1. The fourth-order valence-corrected chi connectivity index (χ4v) is 2.33. The van der Waals surface area contributed by atoms with Crippen molar-refractivity contribution in [1.82, 2.24) is 5.16 Å². The molecule has 0 amide bonds. The fraction of sp³-hybridized carbons (Fsp3) is 0.444. The SMILES string of the molecule is CCCCOc1cc(OCCCC)c(-c2cc(C(=O)O)no2)cc1Cl. The summed E-state index contributed by atoms with van der Waals surface area (Å²) >= 11 is 6.30. The van der Waals surface area contributed by atoms with E-state index < -0.39 is 5.97 Å². The summed E-state index contributed by atoms with van der Waals surface area (Å²) in [4.78, 5) is 11.0. The predicted molar refractivity (Wildman–Crippen MR) is 94.7 cm³/mol. The molecule has 0 saturated heterocycles. The van der Waals surface area contributed by atoms with Gasteiger partial charge in [-0.1, -0.05) is 43.4 Å². The Kier molecular flexibility index (Phi) is 7.13. The lowest BCUT2D eigenvalue weighted by Crippen LogP contribution is -2.01. The molecule has 7 heteroatoms. The Morgan fingerprint density at radius 3 is 2.32 bits per heavy atom. The summed E-state index contributed by atoms with van der Waals surface area (Å²) in [6.45, 7) is 5.24. The van der Waals surface area contributed by atoms with Gasteiger partial charge in [0.25, 0.3) is 0 Å². The van der Waals surface area contributed by atoms with Crippen molar-refractivity contribution < 1.29 is 23.9 Å². The molecule has 25 heavy (non-hydrogen) atoms. The van der Waals surface area contributed by atoms with Crippen LogP contribution in [0.25, 0.3) is 11.3 Å². The van der Waals surface area contributed by atoms with Crippen molar-refractivity contribution in [3.05, 3.63) is 28.9 Å². The number of hydrogen-bond acceptors (Lipinski definition) is 5. The number of carbonyl (C=O) groups is 1. The smallest absolute Gasteiger partial charge is 0.358 e. The Labute approximate surface area is 151 Å². The van der Waals surface area contributed by atoms with Crippen LogP contribution in [0.5, 0.6) is 11.5 Å². The summed E-state index contributed by atoms with van der Waals surface area (Å²) in [6, 6.07) is 4.71. The molecule has 0 aliphatic rings. The maximum absolute atomic E-state index is 11.0. The van der Waals surface area contributed by atoms with E-state index >= 15 is 0 Å². The molecular weight excluding hydrogens is 346 g/mol. The first-order chi connectivity index (χ1) is 12.1. The van der Waals surface area contributed by atoms with E-state index in [1.54, 1.807) is 12.1 Å². The van der Waals surface area contributed by atoms with Crippen LogP contribution in [0.4, 0.5) is 0 Å². The van der Waals surface area contributed by atoms with Gasteiger partial charge in [-0.3, -0.25) is 0 Å². The number of hydrogen-bond donors (Lipinski definition) is 1. The molecule has 0 spiro atoms. The highest BCUT2D eigenvalue weighted by atomic mass is 35.5. The fourth-order valence-electron chi connectivity index (χ4n) is 2.11. The molecule has 0 aliphatic carbocycles. The van der Waals surface area contributed by atoms with E-state index in [9.17, 15) is 4.79 Å². The van der Waals surface area contributed by atoms with E-state index in [1.807, 2.05) is 0 Å². The predicted octanol–water partition coefficient (Wildman–Crippen LogP) is 5.05. The summed E-state index contributed by atoms with van der Waals surface area (Å²) in [5.41, 5.74) is 0.373. The lowest BCUT2D eigenvalue weighted by Gasteiger charge is -2.14. The lowest BCUT2D eigenvalue weighted by molar-refractivity contribution is 0.0686. The van der Waals surface area contributed by atoms with Gasteiger partial charge in [0.05, 0.1) is 23.8 Å². The molecule has 1 aromatic heterocycles. The van der Waals surface area contributed by atoms with Crippen molar-refractivity contribution in [2.75, 3.05) is 13.2 Å². The highest BCUT2D eigenvalue weighted by Gasteiger charge is 2.19. The topological polar surface area (TPSA) is 81.8 Å². The normalized spacial score (nSPS) is 10.7. The summed E-state index contributed by atoms with van der Waals surface area (Å²) in [5, 5.41) is 12.9. The number of aromatic nitrogens is 1. The molecule has 0 radical (unpaired) electrons. The maximum Gasteiger partial charge on any atom is 0.358 e. The molecule has 6 nitrogen and oxygen atoms in total. The molecule has 2 rings (SSSR count). The van der Waals surface area contributed by atoms with Gasteiger partial charge in [0.2, 0.25) is 0 Å². The van der Waals surface area contributed by atoms with Gasteiger partial charge >= 0.3 is 5.97 Å². The number of nitrogens with zero attached hydrogens (tertiary/aromatic N) is 1. The van der Waals surface area contributed by atoms with Gasteiger partial charge in [0.15, 0.2) is 11.5 Å². The van der Waals surface area contributed by atoms with Gasteiger partial charge in [0, 0.05) is 12.1 Å². The van der Waals surface area contributed by atoms with Gasteiger partial charge in [-0.25, -0.2) is 4.79 Å². The minimum atomic E-state index is -1.16. The van der Waals surface area contributed by atoms with Crippen LogP contribution in [0.15, 0.2) is 22.7 Å². The first kappa shape index (κ1) is 19.1. The molecule has 1 aromatic carbocycles. The first-order valence-electron chi connectivity index (χ1n) is 8.36. The van der Waals surface area contributed by atoms with Crippen LogP contribution < -0.4 is 9.47 Å². The second-order valence-corrected chi connectivity index (χ2v) is 5.97. The average molecular weight is 368 g/mol. The molecule has 0 bridgehead atoms. The number of carboxylic acid groups (broad SMARTS) is 1. The Balaban J connectivity index is 2.34. The quantitative estimate of drug-likeness (QED) is 0.591. The van der Waals surface area contributed by atoms with Gasteiger partial charge in [-0.15, -0.1) is 0 Å². The third-order valence-electron chi connectivity index (χ3n) is 3.54. The number of halogens is 1. The summed E-state index contributed by atoms with van der Waals surface area (Å²) in [6.07, 6.45) is 3.83. The third kappa shape index (κ3) is 5.13. The molecule has 136 valence electrons. The standard InChI is InChI=1S/C18H22ClNO5/c1-3-5-7-23-15-11-17(24-8-6-4-2)13(19)9-12(15)16-10-14(18(21)22)20-25-16/h9-11H,3-8H2,1-2H3,(H,21,22). The summed E-state index contributed by atoms with van der Waals surface area (Å²) in [5.74, 6) is 0.181. The molecule has 0 fully saturated rings. The number of aromatic carboxylic acids is 1. The van der Waals surface area contributed by atoms with Crippen molar-refractivity contribution in [3.63, 3.8) is 0 Å². The van der Waals surface area contributed by atoms with Crippen LogP contribution >= 0.6 is 11.6 Å². The number of carboxylic acids is 1. The van der Waals surface area contributed by atoms with Crippen molar-refractivity contribution in [1.29, 1.82) is 0 Å². The highest BCUT2D eigenvalue weighted by molar-refractivity contribution is 6.32. The van der Waals surface area contributed by atoms with E-state index in [-0.39, 0.29) is 11.5 Å². The minimum Gasteiger partial charge on any atom is -0.493 e. The third-order valence-corrected chi connectivity index (χ3v) is 3.84. The Bertz CT molecular complexity index is 713.